The number of aldehydes is 1. The third kappa shape index (κ3) is 1.86. The highest BCUT2D eigenvalue weighted by molar-refractivity contribution is 6.31. The summed E-state index contributed by atoms with van der Waals surface area (Å²) >= 11 is 5.71. The van der Waals surface area contributed by atoms with Gasteiger partial charge in [0.05, 0.1) is 0 Å². The van der Waals surface area contributed by atoms with E-state index in [1.807, 2.05) is 32.0 Å². The number of carbonyl (C=O) groups is 1. The van der Waals surface area contributed by atoms with E-state index in [0.29, 0.717) is 17.5 Å². The molecule has 4 heteroatoms. The molecule has 0 bridgehead atoms. The van der Waals surface area contributed by atoms with Gasteiger partial charge in [0.1, 0.15) is 11.3 Å². The Labute approximate surface area is 98.0 Å². The SMILES string of the molecule is Cc1cc(C)cc(-c2noc(Cl)c2C=O)c1. The minimum absolute atomic E-state index is 0.0316. The summed E-state index contributed by atoms with van der Waals surface area (Å²) in [7, 11) is 0. The van der Waals surface area contributed by atoms with Crippen molar-refractivity contribution in [2.75, 3.05) is 0 Å². The summed E-state index contributed by atoms with van der Waals surface area (Å²) in [5, 5.41) is 3.83. The maximum absolute atomic E-state index is 10.9. The number of rotatable bonds is 2. The molecule has 0 aliphatic carbocycles. The maximum atomic E-state index is 10.9. The molecule has 1 aromatic heterocycles. The number of nitrogens with zero attached hydrogens (tertiary/aromatic N) is 1. The van der Waals surface area contributed by atoms with Gasteiger partial charge in [-0.3, -0.25) is 4.79 Å². The molecular weight excluding hydrogens is 226 g/mol. The molecule has 0 aliphatic rings. The van der Waals surface area contributed by atoms with E-state index >= 15 is 0 Å². The predicted octanol–water partition coefficient (Wildman–Crippen LogP) is 3.42. The lowest BCUT2D eigenvalue weighted by Crippen LogP contribution is -1.87. The number of benzene rings is 1. The van der Waals surface area contributed by atoms with Gasteiger partial charge >= 0.3 is 0 Å². The molecular formula is C12H10ClNO2. The molecule has 0 radical (unpaired) electrons. The first-order valence-electron chi connectivity index (χ1n) is 4.81. The van der Waals surface area contributed by atoms with Crippen LogP contribution in [0.1, 0.15) is 21.5 Å². The number of aryl methyl sites for hydroxylation is 2. The van der Waals surface area contributed by atoms with Gasteiger partial charge in [-0.15, -0.1) is 0 Å². The molecule has 0 N–H and O–H groups in total. The minimum atomic E-state index is 0.0316. The molecule has 0 amide bonds. The Morgan fingerprint density at radius 3 is 2.44 bits per heavy atom. The lowest BCUT2D eigenvalue weighted by Gasteiger charge is -2.01. The molecule has 0 unspecified atom stereocenters. The lowest BCUT2D eigenvalue weighted by atomic mass is 10.0. The molecule has 0 fully saturated rings. The second-order valence-corrected chi connectivity index (χ2v) is 4.06. The normalized spacial score (nSPS) is 10.4. The van der Waals surface area contributed by atoms with Crippen LogP contribution < -0.4 is 0 Å². The van der Waals surface area contributed by atoms with Crippen molar-refractivity contribution in [3.63, 3.8) is 0 Å². The van der Waals surface area contributed by atoms with Gasteiger partial charge in [0.2, 0.25) is 5.22 Å². The van der Waals surface area contributed by atoms with Crippen LogP contribution in [0.4, 0.5) is 0 Å². The van der Waals surface area contributed by atoms with Crippen molar-refractivity contribution in [3.05, 3.63) is 40.1 Å². The molecule has 0 saturated carbocycles. The van der Waals surface area contributed by atoms with Crippen LogP contribution in [-0.2, 0) is 0 Å². The fourth-order valence-corrected chi connectivity index (χ4v) is 1.87. The van der Waals surface area contributed by atoms with Crippen molar-refractivity contribution in [1.82, 2.24) is 5.16 Å². The first-order chi connectivity index (χ1) is 7.61. The van der Waals surface area contributed by atoms with Crippen LogP contribution in [0.25, 0.3) is 11.3 Å². The van der Waals surface area contributed by atoms with Crippen molar-refractivity contribution in [1.29, 1.82) is 0 Å². The Kier molecular flexibility index (Phi) is 2.79. The molecule has 1 aromatic carbocycles. The van der Waals surface area contributed by atoms with E-state index in [0.717, 1.165) is 16.7 Å². The van der Waals surface area contributed by atoms with Gasteiger partial charge in [0.25, 0.3) is 0 Å². The molecule has 0 aliphatic heterocycles. The van der Waals surface area contributed by atoms with Gasteiger partial charge in [-0.2, -0.15) is 0 Å². The van der Waals surface area contributed by atoms with Crippen LogP contribution in [0.2, 0.25) is 5.22 Å². The minimum Gasteiger partial charge on any atom is -0.343 e. The monoisotopic (exact) mass is 235 g/mol. The summed E-state index contributed by atoms with van der Waals surface area (Å²) in [5.74, 6) is 0. The highest BCUT2D eigenvalue weighted by Crippen LogP contribution is 2.28. The summed E-state index contributed by atoms with van der Waals surface area (Å²) in [6.07, 6.45) is 0.659. The molecule has 0 atom stereocenters. The summed E-state index contributed by atoms with van der Waals surface area (Å²) in [6, 6.07) is 5.92. The summed E-state index contributed by atoms with van der Waals surface area (Å²) in [4.78, 5) is 10.9. The first kappa shape index (κ1) is 10.9. The number of aromatic nitrogens is 1. The van der Waals surface area contributed by atoms with Crippen LogP contribution >= 0.6 is 11.6 Å². The van der Waals surface area contributed by atoms with Crippen LogP contribution in [0, 0.1) is 13.8 Å². The van der Waals surface area contributed by atoms with Gasteiger partial charge < -0.3 is 4.52 Å². The summed E-state index contributed by atoms with van der Waals surface area (Å²) < 4.78 is 4.80. The second kappa shape index (κ2) is 4.10. The zero-order valence-corrected chi connectivity index (χ0v) is 9.71. The van der Waals surface area contributed by atoms with E-state index < -0.39 is 0 Å². The third-order valence-corrected chi connectivity index (χ3v) is 2.57. The van der Waals surface area contributed by atoms with Crippen molar-refractivity contribution in [3.8, 4) is 11.3 Å². The summed E-state index contributed by atoms with van der Waals surface area (Å²) in [6.45, 7) is 3.97. The number of carbonyl (C=O) groups excluding carboxylic acids is 1. The van der Waals surface area contributed by atoms with Gasteiger partial charge in [0.15, 0.2) is 6.29 Å². The van der Waals surface area contributed by atoms with E-state index in [1.165, 1.54) is 0 Å². The van der Waals surface area contributed by atoms with Crippen LogP contribution in [0.3, 0.4) is 0 Å². The highest BCUT2D eigenvalue weighted by atomic mass is 35.5. The molecule has 0 saturated heterocycles. The van der Waals surface area contributed by atoms with Gasteiger partial charge in [-0.1, -0.05) is 22.3 Å². The van der Waals surface area contributed by atoms with E-state index in [2.05, 4.69) is 5.16 Å². The largest absolute Gasteiger partial charge is 0.343 e. The zero-order chi connectivity index (χ0) is 11.7. The fourth-order valence-electron chi connectivity index (χ4n) is 1.70. The molecule has 0 spiro atoms. The predicted molar refractivity (Wildman–Crippen MR) is 61.8 cm³/mol. The fraction of sp³-hybridized carbons (Fsp3) is 0.167. The summed E-state index contributed by atoms with van der Waals surface area (Å²) in [5.41, 5.74) is 3.84. The lowest BCUT2D eigenvalue weighted by molar-refractivity contribution is 0.112. The average molecular weight is 236 g/mol. The van der Waals surface area contributed by atoms with Crippen LogP contribution in [0.15, 0.2) is 22.7 Å². The van der Waals surface area contributed by atoms with E-state index in [-0.39, 0.29) is 5.22 Å². The molecule has 3 nitrogen and oxygen atoms in total. The van der Waals surface area contributed by atoms with Crippen LogP contribution in [-0.4, -0.2) is 11.4 Å². The first-order valence-corrected chi connectivity index (χ1v) is 5.18. The molecule has 16 heavy (non-hydrogen) atoms. The van der Waals surface area contributed by atoms with Gasteiger partial charge in [-0.25, -0.2) is 0 Å². The van der Waals surface area contributed by atoms with Crippen LogP contribution in [0.5, 0.6) is 0 Å². The Hall–Kier alpha value is -1.61. The molecule has 1 heterocycles. The Bertz CT molecular complexity index is 526. The van der Waals surface area contributed by atoms with Crippen molar-refractivity contribution >= 4 is 17.9 Å². The molecule has 2 aromatic rings. The standard InChI is InChI=1S/C12H10ClNO2/c1-7-3-8(2)5-9(4-7)11-10(6-15)12(13)16-14-11/h3-6H,1-2H3. The average Bonchev–Trinajstić information content (AvgIpc) is 2.58. The van der Waals surface area contributed by atoms with Gasteiger partial charge in [-0.05, 0) is 37.6 Å². The Balaban J connectivity index is 2.62. The highest BCUT2D eigenvalue weighted by Gasteiger charge is 2.15. The number of halogens is 1. The molecule has 82 valence electrons. The molecule has 2 rings (SSSR count). The second-order valence-electron chi connectivity index (χ2n) is 3.71. The Morgan fingerprint density at radius 2 is 1.88 bits per heavy atom. The van der Waals surface area contributed by atoms with Crippen molar-refractivity contribution in [2.24, 2.45) is 0 Å². The van der Waals surface area contributed by atoms with Gasteiger partial charge in [0, 0.05) is 5.56 Å². The quantitative estimate of drug-likeness (QED) is 0.749. The Morgan fingerprint density at radius 1 is 1.25 bits per heavy atom. The van der Waals surface area contributed by atoms with E-state index in [9.17, 15) is 4.79 Å². The maximum Gasteiger partial charge on any atom is 0.237 e. The third-order valence-electron chi connectivity index (χ3n) is 2.30. The van der Waals surface area contributed by atoms with Crippen molar-refractivity contribution < 1.29 is 9.32 Å². The van der Waals surface area contributed by atoms with Crippen molar-refractivity contribution in [2.45, 2.75) is 13.8 Å². The van der Waals surface area contributed by atoms with E-state index in [4.69, 9.17) is 16.1 Å². The smallest absolute Gasteiger partial charge is 0.237 e. The number of hydrogen-bond donors (Lipinski definition) is 0. The zero-order valence-electron chi connectivity index (χ0n) is 8.95. The number of hydrogen-bond acceptors (Lipinski definition) is 3. The topological polar surface area (TPSA) is 43.1 Å². The van der Waals surface area contributed by atoms with E-state index in [1.54, 1.807) is 0 Å².